The van der Waals surface area contributed by atoms with Crippen LogP contribution in [0.1, 0.15) is 15.9 Å². The highest BCUT2D eigenvalue weighted by Gasteiger charge is 2.17. The molecule has 0 bridgehead atoms. The van der Waals surface area contributed by atoms with E-state index in [2.05, 4.69) is 5.32 Å². The summed E-state index contributed by atoms with van der Waals surface area (Å²) in [4.78, 5) is 11.9. The van der Waals surface area contributed by atoms with Gasteiger partial charge in [0.25, 0.3) is 5.91 Å². The van der Waals surface area contributed by atoms with Crippen molar-refractivity contribution in [3.05, 3.63) is 63.9 Å². The zero-order valence-corrected chi connectivity index (χ0v) is 11.0. The van der Waals surface area contributed by atoms with E-state index in [0.717, 1.165) is 6.07 Å². The molecule has 0 saturated carbocycles. The molecule has 0 aliphatic rings. The van der Waals surface area contributed by atoms with Gasteiger partial charge >= 0.3 is 0 Å². The first kappa shape index (κ1) is 14.9. The van der Waals surface area contributed by atoms with Gasteiger partial charge in [0.05, 0.1) is 16.3 Å². The number of carbonyl (C=O) groups is 1. The van der Waals surface area contributed by atoms with Gasteiger partial charge in [-0.1, -0.05) is 17.7 Å². The maximum atomic E-state index is 13.6. The fourth-order valence-electron chi connectivity index (χ4n) is 1.63. The lowest BCUT2D eigenvalue weighted by Gasteiger charge is -2.08. The number of carbonyl (C=O) groups excluding carboxylic acids is 1. The first-order valence-corrected chi connectivity index (χ1v) is 5.96. The van der Waals surface area contributed by atoms with Crippen LogP contribution in [0.4, 0.5) is 18.9 Å². The van der Waals surface area contributed by atoms with Crippen LogP contribution in [0, 0.1) is 28.8 Å². The lowest BCUT2D eigenvalue weighted by Crippen LogP contribution is -2.15. The van der Waals surface area contributed by atoms with E-state index in [1.807, 2.05) is 0 Å². The van der Waals surface area contributed by atoms with Crippen LogP contribution in [-0.4, -0.2) is 5.91 Å². The molecule has 1 amide bonds. The fraction of sp³-hybridized carbons (Fsp3) is 0. The lowest BCUT2D eigenvalue weighted by molar-refractivity contribution is 0.102. The Balaban J connectivity index is 2.38. The van der Waals surface area contributed by atoms with Crippen LogP contribution in [-0.2, 0) is 0 Å². The topological polar surface area (TPSA) is 52.9 Å². The Kier molecular flexibility index (Phi) is 4.15. The van der Waals surface area contributed by atoms with Crippen LogP contribution in [0.5, 0.6) is 0 Å². The summed E-state index contributed by atoms with van der Waals surface area (Å²) in [6.07, 6.45) is 0. The van der Waals surface area contributed by atoms with Crippen LogP contribution in [0.3, 0.4) is 0 Å². The van der Waals surface area contributed by atoms with Crippen molar-refractivity contribution < 1.29 is 18.0 Å². The summed E-state index contributed by atoms with van der Waals surface area (Å²) in [5, 5.41) is 10.5. The highest BCUT2D eigenvalue weighted by atomic mass is 35.5. The molecule has 21 heavy (non-hydrogen) atoms. The summed E-state index contributed by atoms with van der Waals surface area (Å²) < 4.78 is 40.2. The molecule has 106 valence electrons. The lowest BCUT2D eigenvalue weighted by atomic mass is 10.1. The number of hydrogen-bond donors (Lipinski definition) is 1. The minimum atomic E-state index is -1.03. The van der Waals surface area contributed by atoms with Crippen LogP contribution in [0.15, 0.2) is 30.3 Å². The van der Waals surface area contributed by atoms with Crippen LogP contribution < -0.4 is 5.32 Å². The van der Waals surface area contributed by atoms with Gasteiger partial charge in [-0.2, -0.15) is 5.26 Å². The number of nitrogens with zero attached hydrogens (tertiary/aromatic N) is 1. The molecule has 0 aromatic heterocycles. The van der Waals surface area contributed by atoms with E-state index in [0.29, 0.717) is 12.1 Å². The molecule has 0 atom stereocenters. The van der Waals surface area contributed by atoms with E-state index >= 15 is 0 Å². The maximum absolute atomic E-state index is 13.6. The molecule has 2 rings (SSSR count). The summed E-state index contributed by atoms with van der Waals surface area (Å²) >= 11 is 5.38. The summed E-state index contributed by atoms with van der Waals surface area (Å²) in [5.74, 6) is -3.86. The fourth-order valence-corrected chi connectivity index (χ4v) is 1.78. The SMILES string of the molecule is N#Cc1c(F)cccc1NC(=O)c1cc(F)c(Cl)cc1F. The highest BCUT2D eigenvalue weighted by molar-refractivity contribution is 6.30. The molecule has 0 aliphatic heterocycles. The number of hydrogen-bond acceptors (Lipinski definition) is 2. The predicted molar refractivity (Wildman–Crippen MR) is 70.4 cm³/mol. The number of nitrogens with one attached hydrogen (secondary N) is 1. The Bertz CT molecular complexity index is 772. The zero-order valence-electron chi connectivity index (χ0n) is 10.3. The van der Waals surface area contributed by atoms with Crippen LogP contribution in [0.2, 0.25) is 5.02 Å². The summed E-state index contributed by atoms with van der Waals surface area (Å²) in [6.45, 7) is 0. The van der Waals surface area contributed by atoms with Crippen molar-refractivity contribution in [2.75, 3.05) is 5.32 Å². The first-order chi connectivity index (χ1) is 9.93. The van der Waals surface area contributed by atoms with Crippen molar-refractivity contribution in [2.24, 2.45) is 0 Å². The molecule has 0 saturated heterocycles. The Morgan fingerprint density at radius 3 is 2.52 bits per heavy atom. The molecule has 2 aromatic carbocycles. The standard InChI is InChI=1S/C14H6ClF3N2O/c15-9-5-11(17)7(4-12(9)18)14(21)20-13-3-1-2-10(16)8(13)6-19/h1-5H,(H,20,21). The Morgan fingerprint density at radius 1 is 1.14 bits per heavy atom. The molecule has 0 aliphatic carbocycles. The quantitative estimate of drug-likeness (QED) is 0.856. The summed E-state index contributed by atoms with van der Waals surface area (Å²) in [7, 11) is 0. The number of rotatable bonds is 2. The van der Waals surface area contributed by atoms with E-state index < -0.39 is 39.5 Å². The largest absolute Gasteiger partial charge is 0.321 e. The molecule has 0 fully saturated rings. The highest BCUT2D eigenvalue weighted by Crippen LogP contribution is 2.22. The van der Waals surface area contributed by atoms with Crippen molar-refractivity contribution in [2.45, 2.75) is 0 Å². The Labute approximate surface area is 122 Å². The number of amides is 1. The third kappa shape index (κ3) is 2.98. The van der Waals surface area contributed by atoms with Gasteiger partial charge in [-0.3, -0.25) is 4.79 Å². The smallest absolute Gasteiger partial charge is 0.258 e. The van der Waals surface area contributed by atoms with Crippen molar-refractivity contribution in [3.63, 3.8) is 0 Å². The second-order valence-corrected chi connectivity index (χ2v) is 4.38. The molecular formula is C14H6ClF3N2O. The third-order valence-corrected chi connectivity index (χ3v) is 2.92. The average molecular weight is 311 g/mol. The Morgan fingerprint density at radius 2 is 1.86 bits per heavy atom. The maximum Gasteiger partial charge on any atom is 0.258 e. The molecule has 0 spiro atoms. The summed E-state index contributed by atoms with van der Waals surface area (Å²) in [6, 6.07) is 6.43. The van der Waals surface area contributed by atoms with Gasteiger partial charge in [0.2, 0.25) is 0 Å². The first-order valence-electron chi connectivity index (χ1n) is 5.58. The number of anilines is 1. The number of halogens is 4. The zero-order chi connectivity index (χ0) is 15.6. The van der Waals surface area contributed by atoms with Crippen molar-refractivity contribution in [3.8, 4) is 6.07 Å². The third-order valence-electron chi connectivity index (χ3n) is 2.63. The van der Waals surface area contributed by atoms with Crippen LogP contribution in [0.25, 0.3) is 0 Å². The van der Waals surface area contributed by atoms with Gasteiger partial charge in [0.1, 0.15) is 29.1 Å². The minimum Gasteiger partial charge on any atom is -0.321 e. The predicted octanol–water partition coefficient (Wildman–Crippen LogP) is 3.88. The number of benzene rings is 2. The van der Waals surface area contributed by atoms with E-state index in [4.69, 9.17) is 16.9 Å². The Hall–Kier alpha value is -2.52. The van der Waals surface area contributed by atoms with Gasteiger partial charge in [-0.25, -0.2) is 13.2 Å². The minimum absolute atomic E-state index is 0.141. The van der Waals surface area contributed by atoms with E-state index in [1.54, 1.807) is 6.07 Å². The molecular weight excluding hydrogens is 305 g/mol. The van der Waals surface area contributed by atoms with Gasteiger partial charge < -0.3 is 5.32 Å². The molecule has 0 heterocycles. The molecule has 3 nitrogen and oxygen atoms in total. The van der Waals surface area contributed by atoms with E-state index in [1.165, 1.54) is 12.1 Å². The van der Waals surface area contributed by atoms with Crippen LogP contribution >= 0.6 is 11.6 Å². The monoisotopic (exact) mass is 310 g/mol. The molecule has 1 N–H and O–H groups in total. The van der Waals surface area contributed by atoms with Gasteiger partial charge in [0.15, 0.2) is 0 Å². The van der Waals surface area contributed by atoms with Crippen molar-refractivity contribution >= 4 is 23.2 Å². The molecule has 0 radical (unpaired) electrons. The normalized spacial score (nSPS) is 10.0. The van der Waals surface area contributed by atoms with Gasteiger partial charge in [-0.15, -0.1) is 0 Å². The molecule has 0 unspecified atom stereocenters. The van der Waals surface area contributed by atoms with E-state index in [9.17, 15) is 18.0 Å². The number of nitriles is 1. The molecule has 2 aromatic rings. The van der Waals surface area contributed by atoms with E-state index in [-0.39, 0.29) is 5.69 Å². The van der Waals surface area contributed by atoms with Gasteiger partial charge in [-0.05, 0) is 24.3 Å². The average Bonchev–Trinajstić information content (AvgIpc) is 2.43. The van der Waals surface area contributed by atoms with Gasteiger partial charge in [0, 0.05) is 0 Å². The summed E-state index contributed by atoms with van der Waals surface area (Å²) in [5.41, 5.74) is -1.15. The second-order valence-electron chi connectivity index (χ2n) is 3.97. The van der Waals surface area contributed by atoms with Crippen molar-refractivity contribution in [1.82, 2.24) is 0 Å². The second kappa shape index (κ2) is 5.85. The van der Waals surface area contributed by atoms with Crippen molar-refractivity contribution in [1.29, 1.82) is 5.26 Å². The molecule has 7 heteroatoms.